The molecule has 1 amide bonds. The lowest BCUT2D eigenvalue weighted by atomic mass is 9.85. The van der Waals surface area contributed by atoms with Gasteiger partial charge in [-0.1, -0.05) is 55.8 Å². The second-order valence-corrected chi connectivity index (χ2v) is 10.4. The Morgan fingerprint density at radius 3 is 2.57 bits per heavy atom. The number of rotatable bonds is 10. The lowest BCUT2D eigenvalue weighted by Gasteiger charge is -2.39. The van der Waals surface area contributed by atoms with E-state index in [1.165, 1.54) is 6.42 Å². The number of thioether (sulfide) groups is 1. The standard InChI is InChI=1S/C29H36N2O5S/c1-4-34-25-17-21(15-16-24(25)36-19-27(32)35-5-2)18-26-28(33)31(23-14-10-9-11-20(23)3)29(37-26)30-22-12-7-6-8-13-22/h6-8,12-13,15-18,20,23,29-30H,4-5,9-11,14,19H2,1-3H3/b26-18-/t20-,23-,29?/m0/s1. The molecule has 1 heterocycles. The lowest BCUT2D eigenvalue weighted by molar-refractivity contribution is -0.145. The van der Waals surface area contributed by atoms with Gasteiger partial charge in [0.25, 0.3) is 5.91 Å². The number of carbonyl (C=O) groups excluding carboxylic acids is 2. The topological polar surface area (TPSA) is 77.1 Å². The third-order valence-corrected chi connectivity index (χ3v) is 7.75. The average molecular weight is 525 g/mol. The maximum absolute atomic E-state index is 13.8. The highest BCUT2D eigenvalue weighted by molar-refractivity contribution is 8.05. The van der Waals surface area contributed by atoms with Gasteiger partial charge in [0, 0.05) is 11.7 Å². The van der Waals surface area contributed by atoms with Crippen LogP contribution in [0, 0.1) is 5.92 Å². The minimum absolute atomic E-state index is 0.0535. The van der Waals surface area contributed by atoms with Crippen molar-refractivity contribution in [3.05, 3.63) is 59.0 Å². The summed E-state index contributed by atoms with van der Waals surface area (Å²) in [5.41, 5.74) is 1.65. The van der Waals surface area contributed by atoms with Crippen LogP contribution in [0.1, 0.15) is 52.0 Å². The molecule has 2 fully saturated rings. The third kappa shape index (κ3) is 6.80. The van der Waals surface area contributed by atoms with E-state index in [1.54, 1.807) is 24.8 Å². The van der Waals surface area contributed by atoms with E-state index in [-0.39, 0.29) is 24.1 Å². The van der Waals surface area contributed by atoms with E-state index < -0.39 is 5.97 Å². The molecule has 37 heavy (non-hydrogen) atoms. The predicted octanol–water partition coefficient (Wildman–Crippen LogP) is 5.92. The van der Waals surface area contributed by atoms with E-state index >= 15 is 0 Å². The molecule has 0 aromatic heterocycles. The Balaban J connectivity index is 1.58. The zero-order valence-corrected chi connectivity index (χ0v) is 22.6. The van der Waals surface area contributed by atoms with Gasteiger partial charge in [0.15, 0.2) is 23.6 Å². The number of amides is 1. The number of nitrogens with zero attached hydrogens (tertiary/aromatic N) is 1. The molecule has 1 N–H and O–H groups in total. The molecule has 198 valence electrons. The molecular formula is C29H36N2O5S. The van der Waals surface area contributed by atoms with Crippen molar-refractivity contribution in [1.82, 2.24) is 4.90 Å². The van der Waals surface area contributed by atoms with Crippen LogP contribution < -0.4 is 14.8 Å². The van der Waals surface area contributed by atoms with Crippen LogP contribution in [0.2, 0.25) is 0 Å². The first-order valence-corrected chi connectivity index (χ1v) is 14.0. The van der Waals surface area contributed by atoms with E-state index in [9.17, 15) is 9.59 Å². The van der Waals surface area contributed by atoms with Gasteiger partial charge in [-0.25, -0.2) is 4.79 Å². The van der Waals surface area contributed by atoms with Crippen LogP contribution in [0.25, 0.3) is 6.08 Å². The monoisotopic (exact) mass is 524 g/mol. The van der Waals surface area contributed by atoms with Crippen molar-refractivity contribution in [3.8, 4) is 11.5 Å². The fraction of sp³-hybridized carbons (Fsp3) is 0.448. The lowest BCUT2D eigenvalue weighted by Crippen LogP contribution is -2.48. The Hall–Kier alpha value is -3.13. The Morgan fingerprint density at radius 1 is 1.05 bits per heavy atom. The SMILES string of the molecule is CCOC(=O)COc1ccc(/C=C2\SC(Nc3ccccc3)N([C@H]3CCCC[C@@H]3C)C2=O)cc1OCC. The number of esters is 1. The molecule has 1 aliphatic carbocycles. The van der Waals surface area contributed by atoms with Crippen LogP contribution in [-0.4, -0.2) is 48.1 Å². The van der Waals surface area contributed by atoms with Gasteiger partial charge < -0.3 is 24.4 Å². The Morgan fingerprint density at radius 2 is 1.84 bits per heavy atom. The summed E-state index contributed by atoms with van der Waals surface area (Å²) in [4.78, 5) is 28.2. The van der Waals surface area contributed by atoms with Crippen molar-refractivity contribution in [2.45, 2.75) is 58.0 Å². The molecule has 0 spiro atoms. The highest BCUT2D eigenvalue weighted by atomic mass is 32.2. The van der Waals surface area contributed by atoms with Crippen LogP contribution in [0.3, 0.4) is 0 Å². The summed E-state index contributed by atoms with van der Waals surface area (Å²) >= 11 is 1.55. The van der Waals surface area contributed by atoms with Crippen LogP contribution >= 0.6 is 11.8 Å². The third-order valence-electron chi connectivity index (χ3n) is 6.64. The van der Waals surface area contributed by atoms with E-state index in [2.05, 4.69) is 12.2 Å². The van der Waals surface area contributed by atoms with Gasteiger partial charge in [-0.3, -0.25) is 4.79 Å². The maximum atomic E-state index is 13.8. The summed E-state index contributed by atoms with van der Waals surface area (Å²) in [5, 5.41) is 3.57. The fourth-order valence-electron chi connectivity index (χ4n) is 4.86. The number of para-hydroxylation sites is 1. The van der Waals surface area contributed by atoms with Gasteiger partial charge >= 0.3 is 5.97 Å². The number of hydrogen-bond donors (Lipinski definition) is 1. The Bertz CT molecular complexity index is 1110. The van der Waals surface area contributed by atoms with Crippen molar-refractivity contribution in [2.75, 3.05) is 25.1 Å². The van der Waals surface area contributed by atoms with Gasteiger partial charge in [0.2, 0.25) is 0 Å². The highest BCUT2D eigenvalue weighted by Gasteiger charge is 2.42. The maximum Gasteiger partial charge on any atom is 0.344 e. The molecule has 1 saturated carbocycles. The summed E-state index contributed by atoms with van der Waals surface area (Å²) in [6.07, 6.45) is 6.44. The molecule has 1 saturated heterocycles. The summed E-state index contributed by atoms with van der Waals surface area (Å²) in [6.45, 7) is 6.45. The number of benzene rings is 2. The van der Waals surface area contributed by atoms with Gasteiger partial charge in [0.1, 0.15) is 0 Å². The Labute approximate surface area is 223 Å². The first kappa shape index (κ1) is 26.9. The van der Waals surface area contributed by atoms with Crippen LogP contribution in [0.5, 0.6) is 11.5 Å². The van der Waals surface area contributed by atoms with Gasteiger partial charge in [0.05, 0.1) is 18.1 Å². The molecule has 7 nitrogen and oxygen atoms in total. The zero-order valence-electron chi connectivity index (χ0n) is 21.8. The second kappa shape index (κ2) is 12.9. The first-order chi connectivity index (χ1) is 18.0. The molecule has 1 unspecified atom stereocenters. The quantitative estimate of drug-likeness (QED) is 0.305. The van der Waals surface area contributed by atoms with Crippen LogP contribution in [-0.2, 0) is 14.3 Å². The van der Waals surface area contributed by atoms with Crippen molar-refractivity contribution >= 4 is 35.4 Å². The summed E-state index contributed by atoms with van der Waals surface area (Å²) < 4.78 is 16.3. The number of nitrogens with one attached hydrogen (secondary N) is 1. The fourth-order valence-corrected chi connectivity index (χ4v) is 6.07. The molecule has 0 radical (unpaired) electrons. The molecule has 2 aliphatic rings. The van der Waals surface area contributed by atoms with E-state index in [0.717, 1.165) is 30.5 Å². The van der Waals surface area contributed by atoms with E-state index in [1.807, 2.05) is 60.4 Å². The van der Waals surface area contributed by atoms with Crippen molar-refractivity contribution in [1.29, 1.82) is 0 Å². The van der Waals surface area contributed by atoms with Crippen LogP contribution in [0.15, 0.2) is 53.4 Å². The van der Waals surface area contributed by atoms with Crippen molar-refractivity contribution < 1.29 is 23.8 Å². The first-order valence-electron chi connectivity index (χ1n) is 13.1. The molecular weight excluding hydrogens is 488 g/mol. The van der Waals surface area contributed by atoms with Gasteiger partial charge in [-0.15, -0.1) is 0 Å². The van der Waals surface area contributed by atoms with Crippen LogP contribution in [0.4, 0.5) is 5.69 Å². The normalized spacial score (nSPS) is 22.7. The highest BCUT2D eigenvalue weighted by Crippen LogP contribution is 2.42. The Kier molecular flexibility index (Phi) is 9.39. The van der Waals surface area contributed by atoms with E-state index in [4.69, 9.17) is 14.2 Å². The number of carbonyl (C=O) groups is 2. The van der Waals surface area contributed by atoms with Gasteiger partial charge in [-0.2, -0.15) is 0 Å². The summed E-state index contributed by atoms with van der Waals surface area (Å²) in [5.74, 6) is 1.06. The molecule has 3 atom stereocenters. The largest absolute Gasteiger partial charge is 0.490 e. The minimum Gasteiger partial charge on any atom is -0.490 e. The van der Waals surface area contributed by atoms with E-state index in [0.29, 0.717) is 35.5 Å². The zero-order chi connectivity index (χ0) is 26.2. The molecule has 2 aromatic carbocycles. The summed E-state index contributed by atoms with van der Waals surface area (Å²) in [6, 6.07) is 15.7. The number of ether oxygens (including phenoxy) is 3. The average Bonchev–Trinajstić information content (AvgIpc) is 3.19. The summed E-state index contributed by atoms with van der Waals surface area (Å²) in [7, 11) is 0. The predicted molar refractivity (Wildman–Crippen MR) is 147 cm³/mol. The van der Waals surface area contributed by atoms with Crippen molar-refractivity contribution in [3.63, 3.8) is 0 Å². The smallest absolute Gasteiger partial charge is 0.344 e. The molecule has 0 bridgehead atoms. The molecule has 8 heteroatoms. The van der Waals surface area contributed by atoms with Gasteiger partial charge in [-0.05, 0) is 68.5 Å². The molecule has 1 aliphatic heterocycles. The molecule has 2 aromatic rings. The number of anilines is 1. The number of hydrogen-bond acceptors (Lipinski definition) is 7. The minimum atomic E-state index is -0.432. The second-order valence-electron chi connectivity index (χ2n) is 9.26. The van der Waals surface area contributed by atoms with Crippen molar-refractivity contribution in [2.24, 2.45) is 5.92 Å². The molecule has 4 rings (SSSR count).